The number of aliphatic hydroxyl groups is 1. The minimum atomic E-state index is -0.0409. The molecule has 2 aromatic carbocycles. The number of hydrogen-bond acceptors (Lipinski definition) is 7. The Labute approximate surface area is 192 Å². The molecule has 0 aliphatic carbocycles. The monoisotopic (exact) mass is 456 g/mol. The molecule has 1 N–H and O–H groups in total. The number of ether oxygens (including phenoxy) is 2. The van der Waals surface area contributed by atoms with E-state index in [2.05, 4.69) is 4.90 Å². The van der Waals surface area contributed by atoms with Crippen molar-refractivity contribution in [1.82, 2.24) is 14.4 Å². The number of benzene rings is 2. The number of amides is 1. The van der Waals surface area contributed by atoms with Crippen LogP contribution in [0.4, 0.5) is 5.13 Å². The molecule has 0 spiro atoms. The predicted octanol–water partition coefficient (Wildman–Crippen LogP) is 3.55. The number of aliphatic hydroxyl groups excluding tert-OH is 1. The van der Waals surface area contributed by atoms with E-state index in [1.807, 2.05) is 31.3 Å². The Morgan fingerprint density at radius 3 is 2.72 bits per heavy atom. The van der Waals surface area contributed by atoms with E-state index in [-0.39, 0.29) is 23.0 Å². The van der Waals surface area contributed by atoms with E-state index >= 15 is 0 Å². The Morgan fingerprint density at radius 2 is 2.00 bits per heavy atom. The number of hydrogen-bond donors (Lipinski definition) is 1. The van der Waals surface area contributed by atoms with Gasteiger partial charge in [-0.15, -0.1) is 0 Å². The van der Waals surface area contributed by atoms with Gasteiger partial charge in [0.1, 0.15) is 6.54 Å². The van der Waals surface area contributed by atoms with Crippen LogP contribution in [0.15, 0.2) is 42.5 Å². The quantitative estimate of drug-likeness (QED) is 0.523. The lowest BCUT2D eigenvalue weighted by molar-refractivity contribution is 0.0750. The SMILES string of the molecule is COc1ccc(C(=O)[N+](C)(C[C@@H]2CCCN2CCO)c2nc3ccccc3s2)cc1OC. The molecular formula is C24H30N3O4S+. The second-order valence-corrected chi connectivity index (χ2v) is 9.28. The highest BCUT2D eigenvalue weighted by atomic mass is 32.1. The maximum atomic E-state index is 14.0. The third kappa shape index (κ3) is 4.23. The Balaban J connectivity index is 1.77. The number of nitrogens with zero attached hydrogens (tertiary/aromatic N) is 3. The molecule has 2 heterocycles. The maximum absolute atomic E-state index is 14.0. The van der Waals surface area contributed by atoms with Gasteiger partial charge in [0.05, 0.1) is 49.7 Å². The van der Waals surface area contributed by atoms with Crippen LogP contribution in [-0.2, 0) is 0 Å². The molecule has 1 amide bonds. The lowest BCUT2D eigenvalue weighted by atomic mass is 10.1. The van der Waals surface area contributed by atoms with Crippen molar-refractivity contribution in [3.63, 3.8) is 0 Å². The maximum Gasteiger partial charge on any atom is 0.352 e. The first-order valence-corrected chi connectivity index (χ1v) is 11.7. The van der Waals surface area contributed by atoms with Gasteiger partial charge in [-0.1, -0.05) is 23.5 Å². The third-order valence-corrected chi connectivity index (χ3v) is 7.49. The fourth-order valence-corrected chi connectivity index (χ4v) is 5.58. The Kier molecular flexibility index (Phi) is 6.76. The topological polar surface area (TPSA) is 71.9 Å². The summed E-state index contributed by atoms with van der Waals surface area (Å²) in [5.74, 6) is 1.07. The van der Waals surface area contributed by atoms with Crippen LogP contribution in [0, 0.1) is 0 Å². The van der Waals surface area contributed by atoms with Crippen LogP contribution in [0.25, 0.3) is 10.2 Å². The molecule has 8 heteroatoms. The van der Waals surface area contributed by atoms with Gasteiger partial charge in [-0.05, 0) is 43.7 Å². The van der Waals surface area contributed by atoms with Crippen molar-refractivity contribution in [2.75, 3.05) is 47.5 Å². The Bertz CT molecular complexity index is 1070. The van der Waals surface area contributed by atoms with E-state index in [1.165, 1.54) is 0 Å². The summed E-state index contributed by atoms with van der Waals surface area (Å²) in [6.45, 7) is 2.27. The number of likely N-dealkylation sites (N-methyl/N-ethyl adjacent to an activating group) is 1. The highest BCUT2D eigenvalue weighted by Gasteiger charge is 2.43. The summed E-state index contributed by atoms with van der Waals surface area (Å²) in [4.78, 5) is 21.2. The molecule has 7 nitrogen and oxygen atoms in total. The van der Waals surface area contributed by atoms with Crippen LogP contribution in [0.3, 0.4) is 0 Å². The summed E-state index contributed by atoms with van der Waals surface area (Å²) in [5, 5.41) is 10.3. The molecular weight excluding hydrogens is 426 g/mol. The second kappa shape index (κ2) is 9.54. The first-order chi connectivity index (χ1) is 15.5. The molecule has 1 saturated heterocycles. The molecule has 32 heavy (non-hydrogen) atoms. The van der Waals surface area contributed by atoms with Gasteiger partial charge >= 0.3 is 5.91 Å². The molecule has 1 aliphatic rings. The number of carbonyl (C=O) groups excluding carboxylic acids is 1. The average molecular weight is 457 g/mol. The predicted molar refractivity (Wildman–Crippen MR) is 128 cm³/mol. The van der Waals surface area contributed by atoms with E-state index < -0.39 is 0 Å². The fraction of sp³-hybridized carbons (Fsp3) is 0.417. The van der Waals surface area contributed by atoms with E-state index in [9.17, 15) is 9.90 Å². The first kappa shape index (κ1) is 22.7. The highest BCUT2D eigenvalue weighted by molar-refractivity contribution is 7.22. The summed E-state index contributed by atoms with van der Waals surface area (Å²) >= 11 is 1.56. The molecule has 1 aliphatic heterocycles. The van der Waals surface area contributed by atoms with Gasteiger partial charge in [0.15, 0.2) is 11.5 Å². The molecule has 4 rings (SSSR count). The van der Waals surface area contributed by atoms with Gasteiger partial charge in [0.25, 0.3) is 5.13 Å². The molecule has 170 valence electrons. The lowest BCUT2D eigenvalue weighted by Gasteiger charge is -2.34. The smallest absolute Gasteiger partial charge is 0.352 e. The van der Waals surface area contributed by atoms with Gasteiger partial charge in [0, 0.05) is 12.6 Å². The van der Waals surface area contributed by atoms with Crippen LogP contribution in [-0.4, -0.2) is 74.4 Å². The molecule has 2 atom stereocenters. The molecule has 0 radical (unpaired) electrons. The Hall–Kier alpha value is -2.52. The number of thiazole rings is 1. The van der Waals surface area contributed by atoms with E-state index in [0.29, 0.717) is 30.2 Å². The zero-order valence-corrected chi connectivity index (χ0v) is 19.6. The van der Waals surface area contributed by atoms with Crippen molar-refractivity contribution >= 4 is 32.6 Å². The number of methoxy groups -OCH3 is 2. The van der Waals surface area contributed by atoms with Crippen LogP contribution < -0.4 is 14.0 Å². The minimum absolute atomic E-state index is 0.0409. The van der Waals surface area contributed by atoms with Crippen LogP contribution in [0.1, 0.15) is 23.2 Å². The van der Waals surface area contributed by atoms with Crippen molar-refractivity contribution in [2.24, 2.45) is 0 Å². The third-order valence-electron chi connectivity index (χ3n) is 6.25. The summed E-state index contributed by atoms with van der Waals surface area (Å²) in [6, 6.07) is 13.5. The van der Waals surface area contributed by atoms with Crippen LogP contribution in [0.5, 0.6) is 11.5 Å². The number of aromatic nitrogens is 1. The second-order valence-electron chi connectivity index (χ2n) is 8.27. The Morgan fingerprint density at radius 1 is 1.22 bits per heavy atom. The molecule has 3 aromatic rings. The van der Waals surface area contributed by atoms with Crippen molar-refractivity contribution in [2.45, 2.75) is 18.9 Å². The number of β-amino-alcohol motifs (C(OH)–C–C–N with tert-alkyl or cyclic N) is 1. The minimum Gasteiger partial charge on any atom is -0.493 e. The summed E-state index contributed by atoms with van der Waals surface area (Å²) in [5.41, 5.74) is 1.45. The van der Waals surface area contributed by atoms with Gasteiger partial charge in [-0.2, -0.15) is 9.47 Å². The molecule has 1 aromatic heterocycles. The standard InChI is InChI=1S/C24H30N3O4S/c1-27(16-18-7-6-12-26(18)13-14-28,24-25-19-8-4-5-9-22(19)32-24)23(29)17-10-11-20(30-2)21(15-17)31-3/h4-5,8-11,15,18,28H,6-7,12-14,16H2,1-3H3/q+1/t18-,27?/m0/s1. The van der Waals surface area contributed by atoms with E-state index in [4.69, 9.17) is 14.5 Å². The number of rotatable bonds is 8. The van der Waals surface area contributed by atoms with Crippen LogP contribution in [0.2, 0.25) is 0 Å². The van der Waals surface area contributed by atoms with Crippen molar-refractivity contribution < 1.29 is 19.4 Å². The summed E-state index contributed by atoms with van der Waals surface area (Å²) in [6.07, 6.45) is 2.06. The summed E-state index contributed by atoms with van der Waals surface area (Å²) in [7, 11) is 5.10. The number of carbonyl (C=O) groups is 1. The highest BCUT2D eigenvalue weighted by Crippen LogP contribution is 2.36. The molecule has 1 unspecified atom stereocenters. The van der Waals surface area contributed by atoms with Crippen molar-refractivity contribution in [3.05, 3.63) is 48.0 Å². The van der Waals surface area contributed by atoms with Gasteiger partial charge in [-0.25, -0.2) is 4.79 Å². The number of quaternary nitrogens is 1. The zero-order chi connectivity index (χ0) is 22.7. The average Bonchev–Trinajstić information content (AvgIpc) is 3.45. The van der Waals surface area contributed by atoms with Crippen molar-refractivity contribution in [1.29, 1.82) is 0 Å². The summed E-state index contributed by atoms with van der Waals surface area (Å²) < 4.78 is 11.9. The van der Waals surface area contributed by atoms with E-state index in [1.54, 1.807) is 43.8 Å². The van der Waals surface area contributed by atoms with E-state index in [0.717, 1.165) is 34.7 Å². The largest absolute Gasteiger partial charge is 0.493 e. The van der Waals surface area contributed by atoms with Gasteiger partial charge in [0.2, 0.25) is 0 Å². The van der Waals surface area contributed by atoms with Gasteiger partial charge in [-0.3, -0.25) is 4.90 Å². The number of likely N-dealkylation sites (tertiary alicyclic amines) is 1. The number of fused-ring (bicyclic) bond motifs is 1. The number of para-hydroxylation sites is 1. The molecule has 1 fully saturated rings. The zero-order valence-electron chi connectivity index (χ0n) is 18.8. The molecule has 0 saturated carbocycles. The lowest BCUT2D eigenvalue weighted by Crippen LogP contribution is -2.57. The van der Waals surface area contributed by atoms with Gasteiger partial charge < -0.3 is 14.6 Å². The fourth-order valence-electron chi connectivity index (χ4n) is 4.52. The normalized spacial score (nSPS) is 18.6. The van der Waals surface area contributed by atoms with Crippen LogP contribution >= 0.6 is 11.3 Å². The molecule has 0 bridgehead atoms. The van der Waals surface area contributed by atoms with Crippen molar-refractivity contribution in [3.8, 4) is 11.5 Å². The first-order valence-electron chi connectivity index (χ1n) is 10.8.